The summed E-state index contributed by atoms with van der Waals surface area (Å²) in [6.45, 7) is 1.61. The third-order valence-corrected chi connectivity index (χ3v) is 6.84. The molecule has 0 aliphatic heterocycles. The first-order valence-electron chi connectivity index (χ1n) is 11.4. The molecule has 0 spiro atoms. The summed E-state index contributed by atoms with van der Waals surface area (Å²) in [5, 5.41) is 0. The molecule has 1 aliphatic carbocycles. The van der Waals surface area contributed by atoms with Crippen LogP contribution in [0, 0.1) is 12.8 Å². The molecule has 10 heteroatoms. The van der Waals surface area contributed by atoms with E-state index in [0.29, 0.717) is 11.2 Å². The highest BCUT2D eigenvalue weighted by atomic mass is 19.4. The van der Waals surface area contributed by atoms with Crippen molar-refractivity contribution in [2.75, 3.05) is 0 Å². The smallest absolute Gasteiger partial charge is 0.324 e. The zero-order valence-corrected chi connectivity index (χ0v) is 19.2. The fourth-order valence-electron chi connectivity index (χ4n) is 5.04. The monoisotopic (exact) mass is 490 g/mol. The van der Waals surface area contributed by atoms with Crippen LogP contribution in [0.25, 0.3) is 16.7 Å². The number of rotatable bonds is 4. The Morgan fingerprint density at radius 2 is 1.80 bits per heavy atom. The van der Waals surface area contributed by atoms with Crippen LogP contribution in [0.2, 0.25) is 0 Å². The highest BCUT2D eigenvalue weighted by Crippen LogP contribution is 2.40. The van der Waals surface area contributed by atoms with Crippen LogP contribution in [0.3, 0.4) is 0 Å². The average Bonchev–Trinajstić information content (AvgIpc) is 3.33. The zero-order valence-electron chi connectivity index (χ0n) is 19.2. The highest BCUT2D eigenvalue weighted by Gasteiger charge is 2.40. The van der Waals surface area contributed by atoms with Crippen molar-refractivity contribution in [2.24, 2.45) is 13.0 Å². The van der Waals surface area contributed by atoms with Gasteiger partial charge in [-0.3, -0.25) is 4.79 Å². The number of para-hydroxylation sites is 2. The molecule has 0 atom stereocenters. The number of hydrogen-bond donors (Lipinski definition) is 0. The number of nitrogens with zero attached hydrogens (tertiary/aromatic N) is 4. The highest BCUT2D eigenvalue weighted by molar-refractivity contribution is 6.08. The lowest BCUT2D eigenvalue weighted by Gasteiger charge is -2.28. The summed E-state index contributed by atoms with van der Waals surface area (Å²) in [5.74, 6) is -3.32. The second-order valence-electron chi connectivity index (χ2n) is 9.30. The second kappa shape index (κ2) is 8.13. The van der Waals surface area contributed by atoms with Crippen molar-refractivity contribution in [3.63, 3.8) is 0 Å². The number of aromatic nitrogens is 4. The molecule has 3 heterocycles. The molecule has 0 bridgehead atoms. The standard InChI is InChI=1S/C25H23F5N4O/c1-14-11-16(21(35)23-31-17-5-3-4-6-18(17)33(23)2)13-20-32-22(25(28,29)30)19(34(14)20)12-15-7-9-24(26,27)10-8-15/h3-6,11,13,15H,7-10,12H2,1-2H3. The van der Waals surface area contributed by atoms with E-state index in [9.17, 15) is 26.7 Å². The van der Waals surface area contributed by atoms with Crippen molar-refractivity contribution in [2.45, 2.75) is 51.1 Å². The van der Waals surface area contributed by atoms with Crippen LogP contribution in [0.1, 0.15) is 58.9 Å². The summed E-state index contributed by atoms with van der Waals surface area (Å²) in [4.78, 5) is 21.5. The minimum Gasteiger partial charge on any atom is -0.324 e. The van der Waals surface area contributed by atoms with E-state index in [1.165, 1.54) is 16.5 Å². The van der Waals surface area contributed by atoms with Gasteiger partial charge < -0.3 is 8.97 Å². The number of halogens is 5. The normalized spacial score (nSPS) is 16.9. The number of carbonyl (C=O) groups is 1. The van der Waals surface area contributed by atoms with Gasteiger partial charge in [0.15, 0.2) is 11.5 Å². The van der Waals surface area contributed by atoms with Crippen molar-refractivity contribution >= 4 is 22.5 Å². The molecule has 35 heavy (non-hydrogen) atoms. The molecule has 5 nitrogen and oxygen atoms in total. The van der Waals surface area contributed by atoms with Gasteiger partial charge in [0.05, 0.1) is 16.7 Å². The number of pyridine rings is 1. The SMILES string of the molecule is Cc1cc(C(=O)c2nc3ccccc3n2C)cc2nc(C(F)(F)F)c(CC3CCC(F)(F)CC3)n12. The Hall–Kier alpha value is -3.30. The van der Waals surface area contributed by atoms with Crippen LogP contribution in [0.15, 0.2) is 36.4 Å². The summed E-state index contributed by atoms with van der Waals surface area (Å²) >= 11 is 0. The van der Waals surface area contributed by atoms with Crippen molar-refractivity contribution in [3.8, 4) is 0 Å². The van der Waals surface area contributed by atoms with Gasteiger partial charge in [-0.05, 0) is 56.4 Å². The predicted octanol–water partition coefficient (Wildman–Crippen LogP) is 6.15. The van der Waals surface area contributed by atoms with Crippen molar-refractivity contribution < 1.29 is 26.7 Å². The molecule has 3 aromatic heterocycles. The Bertz CT molecular complexity index is 1440. The first-order valence-corrected chi connectivity index (χ1v) is 11.4. The van der Waals surface area contributed by atoms with E-state index in [1.54, 1.807) is 30.7 Å². The van der Waals surface area contributed by atoms with E-state index < -0.39 is 23.6 Å². The Morgan fingerprint density at radius 3 is 2.46 bits per heavy atom. The fourth-order valence-corrected chi connectivity index (χ4v) is 5.04. The van der Waals surface area contributed by atoms with Gasteiger partial charge in [-0.25, -0.2) is 18.7 Å². The van der Waals surface area contributed by atoms with Gasteiger partial charge in [-0.2, -0.15) is 13.2 Å². The molecule has 5 rings (SSSR count). The van der Waals surface area contributed by atoms with Crippen LogP contribution in [0.4, 0.5) is 22.0 Å². The molecule has 1 aliphatic rings. The van der Waals surface area contributed by atoms with Gasteiger partial charge in [0.25, 0.3) is 0 Å². The van der Waals surface area contributed by atoms with E-state index in [0.717, 1.165) is 5.52 Å². The maximum atomic E-state index is 13.9. The van der Waals surface area contributed by atoms with Crippen LogP contribution in [-0.4, -0.2) is 30.6 Å². The molecule has 0 amide bonds. The van der Waals surface area contributed by atoms with Crippen LogP contribution < -0.4 is 0 Å². The Kier molecular flexibility index (Phi) is 5.45. The Morgan fingerprint density at radius 1 is 1.11 bits per heavy atom. The van der Waals surface area contributed by atoms with Gasteiger partial charge in [0.2, 0.25) is 11.7 Å². The van der Waals surface area contributed by atoms with E-state index in [4.69, 9.17) is 0 Å². The zero-order chi connectivity index (χ0) is 25.1. The maximum Gasteiger partial charge on any atom is 0.435 e. The van der Waals surface area contributed by atoms with Crippen LogP contribution in [0.5, 0.6) is 0 Å². The first kappa shape index (κ1) is 23.4. The lowest BCUT2D eigenvalue weighted by Crippen LogP contribution is -2.26. The van der Waals surface area contributed by atoms with Crippen LogP contribution in [-0.2, 0) is 19.6 Å². The number of imidazole rings is 2. The van der Waals surface area contributed by atoms with E-state index >= 15 is 0 Å². The average molecular weight is 490 g/mol. The Balaban J connectivity index is 1.57. The van der Waals surface area contributed by atoms with Crippen molar-refractivity contribution in [1.29, 1.82) is 0 Å². The molecule has 0 N–H and O–H groups in total. The summed E-state index contributed by atoms with van der Waals surface area (Å²) in [6, 6.07) is 10.1. The molecule has 184 valence electrons. The minimum atomic E-state index is -4.71. The van der Waals surface area contributed by atoms with Crippen LogP contribution >= 0.6 is 0 Å². The second-order valence-corrected chi connectivity index (χ2v) is 9.30. The van der Waals surface area contributed by atoms with E-state index in [-0.39, 0.29) is 60.8 Å². The lowest BCUT2D eigenvalue weighted by atomic mass is 9.83. The topological polar surface area (TPSA) is 52.2 Å². The number of benzene rings is 1. The molecule has 0 saturated heterocycles. The van der Waals surface area contributed by atoms with Gasteiger partial charge in [0.1, 0.15) is 5.65 Å². The molecule has 1 fully saturated rings. The third kappa shape index (κ3) is 4.19. The largest absolute Gasteiger partial charge is 0.435 e. The minimum absolute atomic E-state index is 0.00409. The maximum absolute atomic E-state index is 13.9. The number of alkyl halides is 5. The van der Waals surface area contributed by atoms with Gasteiger partial charge in [0, 0.05) is 31.1 Å². The third-order valence-electron chi connectivity index (χ3n) is 6.84. The molecule has 0 radical (unpaired) electrons. The van der Waals surface area contributed by atoms with Gasteiger partial charge in [-0.15, -0.1) is 0 Å². The lowest BCUT2D eigenvalue weighted by molar-refractivity contribution is -0.141. The summed E-state index contributed by atoms with van der Waals surface area (Å²) < 4.78 is 71.9. The molecule has 1 aromatic carbocycles. The number of aryl methyl sites for hydroxylation is 2. The van der Waals surface area contributed by atoms with E-state index in [2.05, 4.69) is 9.97 Å². The molecule has 0 unspecified atom stereocenters. The van der Waals surface area contributed by atoms with Crippen molar-refractivity contribution in [3.05, 3.63) is 64.9 Å². The Labute approximate surface area is 197 Å². The first-order chi connectivity index (χ1) is 16.4. The molecular weight excluding hydrogens is 467 g/mol. The number of ketones is 1. The summed E-state index contributed by atoms with van der Waals surface area (Å²) in [7, 11) is 1.71. The van der Waals surface area contributed by atoms with Crippen molar-refractivity contribution in [1.82, 2.24) is 18.9 Å². The van der Waals surface area contributed by atoms with Gasteiger partial charge in [-0.1, -0.05) is 12.1 Å². The summed E-state index contributed by atoms with van der Waals surface area (Å²) in [6.07, 6.45) is -5.07. The quantitative estimate of drug-likeness (QED) is 0.255. The number of carbonyl (C=O) groups excluding carboxylic acids is 1. The fraction of sp³-hybridized carbons (Fsp3) is 0.400. The van der Waals surface area contributed by atoms with Gasteiger partial charge >= 0.3 is 6.18 Å². The predicted molar refractivity (Wildman–Crippen MR) is 120 cm³/mol. The number of fused-ring (bicyclic) bond motifs is 2. The molecule has 1 saturated carbocycles. The number of hydrogen-bond acceptors (Lipinski definition) is 3. The molecule has 4 aromatic rings. The summed E-state index contributed by atoms with van der Waals surface area (Å²) in [5.41, 5.74) is 0.883. The van der Waals surface area contributed by atoms with E-state index in [1.807, 2.05) is 12.1 Å². The molecular formula is C25H23F5N4O.